The number of halogens is 5. The minimum atomic E-state index is -5.73. The zero-order valence-corrected chi connectivity index (χ0v) is 11.1. The van der Waals surface area contributed by atoms with Crippen molar-refractivity contribution in [1.82, 2.24) is 0 Å². The lowest BCUT2D eigenvalue weighted by molar-refractivity contribution is -0.285. The van der Waals surface area contributed by atoms with Gasteiger partial charge in [-0.05, 0) is 19.1 Å². The van der Waals surface area contributed by atoms with Gasteiger partial charge in [-0.15, -0.1) is 0 Å². The molecule has 1 rings (SSSR count). The molecule has 9 heteroatoms. The summed E-state index contributed by atoms with van der Waals surface area (Å²) in [5, 5.41) is 0. The average molecular weight is 318 g/mol. The molecule has 0 bridgehead atoms. The highest BCUT2D eigenvalue weighted by Crippen LogP contribution is 2.38. The number of alkyl halides is 5. The normalized spacial score (nSPS) is 13.5. The van der Waals surface area contributed by atoms with E-state index in [4.69, 9.17) is 0 Å². The summed E-state index contributed by atoms with van der Waals surface area (Å²) >= 11 is 0. The molecule has 1 aromatic rings. The van der Waals surface area contributed by atoms with Crippen molar-refractivity contribution in [1.29, 1.82) is 0 Å². The Balaban J connectivity index is 2.68. The highest BCUT2D eigenvalue weighted by molar-refractivity contribution is 7.86. The van der Waals surface area contributed by atoms with Gasteiger partial charge in [-0.1, -0.05) is 17.7 Å². The van der Waals surface area contributed by atoms with Crippen LogP contribution >= 0.6 is 0 Å². The van der Waals surface area contributed by atoms with Gasteiger partial charge in [0.25, 0.3) is 10.1 Å². The van der Waals surface area contributed by atoms with Crippen molar-refractivity contribution in [3.8, 4) is 0 Å². The summed E-state index contributed by atoms with van der Waals surface area (Å²) in [6.45, 7) is 0.434. The molecule has 0 unspecified atom stereocenters. The lowest BCUT2D eigenvalue weighted by Gasteiger charge is -2.19. The molecule has 0 aliphatic heterocycles. The Morgan fingerprint density at radius 3 is 2.00 bits per heavy atom. The van der Waals surface area contributed by atoms with Crippen LogP contribution in [0, 0.1) is 6.92 Å². The summed E-state index contributed by atoms with van der Waals surface area (Å²) in [5.74, 6) is -4.99. The van der Waals surface area contributed by atoms with Crippen molar-refractivity contribution in [2.45, 2.75) is 30.3 Å². The molecule has 0 amide bonds. The van der Waals surface area contributed by atoms with E-state index in [0.29, 0.717) is 0 Å². The third-order valence-corrected chi connectivity index (χ3v) is 3.71. The monoisotopic (exact) mass is 318 g/mol. The molecule has 0 atom stereocenters. The maximum absolute atomic E-state index is 12.6. The van der Waals surface area contributed by atoms with E-state index in [0.717, 1.165) is 5.56 Å². The fraction of sp³-hybridized carbons (Fsp3) is 0.455. The first kappa shape index (κ1) is 16.8. The van der Waals surface area contributed by atoms with Crippen LogP contribution < -0.4 is 0 Å². The van der Waals surface area contributed by atoms with Crippen LogP contribution in [0.2, 0.25) is 0 Å². The second-order valence-electron chi connectivity index (χ2n) is 4.04. The Hall–Kier alpha value is -1.22. The Morgan fingerprint density at radius 2 is 1.55 bits per heavy atom. The molecule has 0 fully saturated rings. The van der Waals surface area contributed by atoms with Crippen molar-refractivity contribution >= 4 is 10.1 Å². The summed E-state index contributed by atoms with van der Waals surface area (Å²) in [7, 11) is -4.35. The van der Waals surface area contributed by atoms with Crippen LogP contribution in [0.3, 0.4) is 0 Å². The van der Waals surface area contributed by atoms with Gasteiger partial charge in [0.05, 0.1) is 11.5 Å². The zero-order chi connectivity index (χ0) is 15.6. The van der Waals surface area contributed by atoms with Gasteiger partial charge in [0, 0.05) is 6.42 Å². The highest BCUT2D eigenvalue weighted by Gasteiger charge is 2.56. The van der Waals surface area contributed by atoms with E-state index in [9.17, 15) is 30.4 Å². The summed E-state index contributed by atoms with van der Waals surface area (Å²) in [4.78, 5) is -0.307. The van der Waals surface area contributed by atoms with Crippen molar-refractivity contribution in [2.24, 2.45) is 0 Å². The van der Waals surface area contributed by atoms with Crippen LogP contribution in [0.15, 0.2) is 29.2 Å². The lowest BCUT2D eigenvalue weighted by Crippen LogP contribution is -2.37. The van der Waals surface area contributed by atoms with Crippen molar-refractivity contribution in [3.63, 3.8) is 0 Å². The van der Waals surface area contributed by atoms with E-state index in [1.807, 2.05) is 0 Å². The SMILES string of the molecule is Cc1ccc(S(=O)(=O)OCCC(F)(F)C(F)(F)F)cc1. The van der Waals surface area contributed by atoms with Crippen LogP contribution in [0.25, 0.3) is 0 Å². The van der Waals surface area contributed by atoms with E-state index in [-0.39, 0.29) is 4.90 Å². The van der Waals surface area contributed by atoms with E-state index in [2.05, 4.69) is 4.18 Å². The fourth-order valence-electron chi connectivity index (χ4n) is 1.19. The third-order valence-electron chi connectivity index (χ3n) is 2.38. The first-order chi connectivity index (χ1) is 8.96. The Morgan fingerprint density at radius 1 is 1.05 bits per heavy atom. The van der Waals surface area contributed by atoms with E-state index in [1.54, 1.807) is 6.92 Å². The maximum atomic E-state index is 12.6. The summed E-state index contributed by atoms with van der Waals surface area (Å²) in [6.07, 6.45) is -7.49. The predicted octanol–water partition coefficient (Wildman–Crippen LogP) is 3.29. The second-order valence-corrected chi connectivity index (χ2v) is 5.66. The molecule has 0 aromatic heterocycles. The molecule has 114 valence electrons. The molecular weight excluding hydrogens is 307 g/mol. The standard InChI is InChI=1S/C11H11F5O3S/c1-8-2-4-9(5-3-8)20(17,18)19-7-6-10(12,13)11(14,15)16/h2-5H,6-7H2,1H3. The van der Waals surface area contributed by atoms with Gasteiger partial charge in [-0.25, -0.2) is 0 Å². The zero-order valence-electron chi connectivity index (χ0n) is 10.2. The number of rotatable bonds is 5. The minimum absolute atomic E-state index is 0.307. The molecule has 0 aliphatic rings. The van der Waals surface area contributed by atoms with E-state index >= 15 is 0 Å². The topological polar surface area (TPSA) is 43.4 Å². The average Bonchev–Trinajstić information content (AvgIpc) is 2.27. The van der Waals surface area contributed by atoms with Crippen molar-refractivity contribution in [2.75, 3.05) is 6.61 Å². The van der Waals surface area contributed by atoms with E-state index in [1.165, 1.54) is 24.3 Å². The van der Waals surface area contributed by atoms with Crippen LogP contribution in [-0.4, -0.2) is 27.1 Å². The molecule has 1 aromatic carbocycles. The van der Waals surface area contributed by atoms with Gasteiger partial charge in [0.2, 0.25) is 0 Å². The highest BCUT2D eigenvalue weighted by atomic mass is 32.2. The quantitative estimate of drug-likeness (QED) is 0.618. The second kappa shape index (κ2) is 5.65. The van der Waals surface area contributed by atoms with Gasteiger partial charge in [-0.3, -0.25) is 4.18 Å². The molecule has 20 heavy (non-hydrogen) atoms. The third kappa shape index (κ3) is 4.14. The smallest absolute Gasteiger partial charge is 0.266 e. The molecule has 0 spiro atoms. The molecule has 0 radical (unpaired) electrons. The molecule has 0 heterocycles. The molecule has 3 nitrogen and oxygen atoms in total. The van der Waals surface area contributed by atoms with Gasteiger partial charge in [0.15, 0.2) is 0 Å². The number of hydrogen-bond donors (Lipinski definition) is 0. The van der Waals surface area contributed by atoms with Crippen LogP contribution in [0.1, 0.15) is 12.0 Å². The van der Waals surface area contributed by atoms with Gasteiger partial charge < -0.3 is 0 Å². The van der Waals surface area contributed by atoms with Crippen LogP contribution in [0.4, 0.5) is 22.0 Å². The first-order valence-electron chi connectivity index (χ1n) is 5.36. The van der Waals surface area contributed by atoms with E-state index < -0.39 is 35.2 Å². The van der Waals surface area contributed by atoms with Crippen LogP contribution in [-0.2, 0) is 14.3 Å². The Bertz CT molecular complexity index is 548. The summed E-state index contributed by atoms with van der Waals surface area (Å²) < 4.78 is 88.0. The minimum Gasteiger partial charge on any atom is -0.266 e. The van der Waals surface area contributed by atoms with Crippen molar-refractivity contribution in [3.05, 3.63) is 29.8 Å². The molecule has 0 saturated carbocycles. The molecule has 0 N–H and O–H groups in total. The number of benzene rings is 1. The van der Waals surface area contributed by atoms with Gasteiger partial charge in [-0.2, -0.15) is 30.4 Å². The number of aryl methyl sites for hydroxylation is 1. The summed E-state index contributed by atoms with van der Waals surface area (Å²) in [6, 6.07) is 5.24. The van der Waals surface area contributed by atoms with Crippen molar-refractivity contribution < 1.29 is 34.6 Å². The van der Waals surface area contributed by atoms with Crippen LogP contribution in [0.5, 0.6) is 0 Å². The fourth-order valence-corrected chi connectivity index (χ4v) is 2.10. The Labute approximate surface area is 112 Å². The largest absolute Gasteiger partial charge is 0.453 e. The predicted molar refractivity (Wildman–Crippen MR) is 59.9 cm³/mol. The number of hydrogen-bond acceptors (Lipinski definition) is 3. The molecular formula is C11H11F5O3S. The maximum Gasteiger partial charge on any atom is 0.453 e. The Kier molecular flexibility index (Phi) is 4.75. The van der Waals surface area contributed by atoms with Gasteiger partial charge in [0.1, 0.15) is 0 Å². The first-order valence-corrected chi connectivity index (χ1v) is 6.77. The molecule has 0 saturated heterocycles. The summed E-state index contributed by atoms with van der Waals surface area (Å²) in [5.41, 5.74) is 0.757. The lowest BCUT2D eigenvalue weighted by atomic mass is 10.2. The van der Waals surface area contributed by atoms with Gasteiger partial charge >= 0.3 is 12.1 Å². The molecule has 0 aliphatic carbocycles.